The Kier molecular flexibility index (Phi) is 18.1. The van der Waals surface area contributed by atoms with Gasteiger partial charge < -0.3 is 39.9 Å². The van der Waals surface area contributed by atoms with Crippen LogP contribution in [0, 0.1) is 0 Å². The lowest BCUT2D eigenvalue weighted by atomic mass is 10.3. The molecule has 0 rings (SSSR count). The third-order valence-corrected chi connectivity index (χ3v) is 0.734. The van der Waals surface area contributed by atoms with Crippen molar-refractivity contribution in [3.05, 3.63) is 0 Å². The predicted molar refractivity (Wildman–Crippen MR) is 35.3 cm³/mol. The lowest BCUT2D eigenvalue weighted by molar-refractivity contribution is -0.417. The van der Waals surface area contributed by atoms with Crippen LogP contribution in [0.5, 0.6) is 0 Å². The molecule has 0 aromatic rings. The minimum Gasteiger partial charge on any atom is -0.652 e. The first-order chi connectivity index (χ1) is 6.73. The van der Waals surface area contributed by atoms with Gasteiger partial charge in [0.15, 0.2) is 0 Å². The van der Waals surface area contributed by atoms with E-state index >= 15 is 0 Å². The quantitative estimate of drug-likeness (QED) is 0.456. The SMILES string of the molecule is CCCCC(=O)[O-].O=C([O-])[O-].O=C([O-])[O-]. The highest BCUT2D eigenvalue weighted by atomic mass is 16.6. The number of aliphatic carboxylic acids is 1. The van der Waals surface area contributed by atoms with Gasteiger partial charge in [0.25, 0.3) is 0 Å². The van der Waals surface area contributed by atoms with Gasteiger partial charge in [-0.3, -0.25) is 0 Å². The van der Waals surface area contributed by atoms with Gasteiger partial charge in [0.05, 0.1) is 0 Å². The molecule has 0 aromatic heterocycles. The molecule has 0 N–H and O–H groups in total. The van der Waals surface area contributed by atoms with Crippen molar-refractivity contribution in [1.29, 1.82) is 0 Å². The fourth-order valence-corrected chi connectivity index (χ4v) is 0.321. The van der Waals surface area contributed by atoms with E-state index in [0.29, 0.717) is 0 Å². The van der Waals surface area contributed by atoms with E-state index in [1.807, 2.05) is 6.92 Å². The van der Waals surface area contributed by atoms with Crippen LogP contribution >= 0.6 is 0 Å². The molecule has 0 unspecified atom stereocenters. The van der Waals surface area contributed by atoms with E-state index in [9.17, 15) is 9.90 Å². The number of carbonyl (C=O) groups excluding carboxylic acids is 3. The third-order valence-electron chi connectivity index (χ3n) is 0.734. The van der Waals surface area contributed by atoms with Gasteiger partial charge in [0.2, 0.25) is 0 Å². The molecule has 0 saturated heterocycles. The van der Waals surface area contributed by atoms with Crippen LogP contribution in [0.4, 0.5) is 9.59 Å². The zero-order chi connectivity index (χ0) is 12.9. The summed E-state index contributed by atoms with van der Waals surface area (Å²) in [7, 11) is 0. The van der Waals surface area contributed by atoms with Gasteiger partial charge in [-0.1, -0.05) is 13.3 Å². The molecular weight excluding hydrogens is 212 g/mol. The maximum absolute atomic E-state index is 9.65. The maximum atomic E-state index is 9.65. The Balaban J connectivity index is -0.000000155. The highest BCUT2D eigenvalue weighted by Gasteiger charge is 1.80. The van der Waals surface area contributed by atoms with Gasteiger partial charge in [-0.25, -0.2) is 0 Å². The summed E-state index contributed by atoms with van der Waals surface area (Å²) in [5.41, 5.74) is 0. The number of carboxylic acid groups (broad SMARTS) is 5. The van der Waals surface area contributed by atoms with E-state index in [-0.39, 0.29) is 6.42 Å². The number of hydrogen-bond acceptors (Lipinski definition) is 8. The summed E-state index contributed by atoms with van der Waals surface area (Å²) >= 11 is 0. The topological polar surface area (TPSA) is 167 Å². The van der Waals surface area contributed by atoms with E-state index in [0.717, 1.165) is 12.8 Å². The lowest BCUT2D eigenvalue weighted by Crippen LogP contribution is -2.37. The van der Waals surface area contributed by atoms with E-state index in [4.69, 9.17) is 30.0 Å². The van der Waals surface area contributed by atoms with Crippen LogP contribution in [-0.2, 0) is 4.79 Å². The predicted octanol–water partition coefficient (Wildman–Crippen LogP) is -4.97. The number of carboxylic acids is 1. The van der Waals surface area contributed by atoms with Gasteiger partial charge in [-0.05, 0) is 25.2 Å². The van der Waals surface area contributed by atoms with Gasteiger partial charge in [-0.2, -0.15) is 0 Å². The van der Waals surface area contributed by atoms with Crippen molar-refractivity contribution in [3.8, 4) is 0 Å². The fraction of sp³-hybridized carbons (Fsp3) is 0.571. The second kappa shape index (κ2) is 14.5. The summed E-state index contributed by atoms with van der Waals surface area (Å²) in [4.78, 5) is 26.3. The smallest absolute Gasteiger partial charge is 0.0414 e. The van der Waals surface area contributed by atoms with Gasteiger partial charge in [0.1, 0.15) is 0 Å². The molecule has 15 heavy (non-hydrogen) atoms. The summed E-state index contributed by atoms with van der Waals surface area (Å²) in [5, 5.41) is 43.0. The van der Waals surface area contributed by atoms with Crippen LogP contribution < -0.4 is 25.5 Å². The molecule has 0 atom stereocenters. The van der Waals surface area contributed by atoms with Crippen molar-refractivity contribution in [1.82, 2.24) is 0 Å². The van der Waals surface area contributed by atoms with Crippen LogP contribution in [0.25, 0.3) is 0 Å². The first-order valence-electron chi connectivity index (χ1n) is 3.69. The molecule has 8 heteroatoms. The van der Waals surface area contributed by atoms with E-state index in [2.05, 4.69) is 0 Å². The molecule has 0 saturated carbocycles. The highest BCUT2D eigenvalue weighted by Crippen LogP contribution is 1.89. The van der Waals surface area contributed by atoms with Crippen molar-refractivity contribution >= 4 is 18.3 Å². The standard InChI is InChI=1S/C5H10O2.2CH2O3/c1-2-3-4-5(6)7;2*2-1(3)4/h2-4H2,1H3,(H,6,7);2*(H2,2,3,4)/p-5. The van der Waals surface area contributed by atoms with Crippen molar-refractivity contribution < 1.29 is 39.9 Å². The van der Waals surface area contributed by atoms with Crippen LogP contribution in [0.15, 0.2) is 0 Å². The zero-order valence-corrected chi connectivity index (χ0v) is 7.89. The average molecular weight is 221 g/mol. The van der Waals surface area contributed by atoms with Crippen LogP contribution in [0.1, 0.15) is 26.2 Å². The molecule has 0 aliphatic carbocycles. The molecule has 0 bridgehead atoms. The van der Waals surface area contributed by atoms with Crippen LogP contribution in [0.2, 0.25) is 0 Å². The average Bonchev–Trinajstić information content (AvgIpc) is 1.98. The van der Waals surface area contributed by atoms with Crippen molar-refractivity contribution in [2.75, 3.05) is 0 Å². The summed E-state index contributed by atoms with van der Waals surface area (Å²) in [6.45, 7) is 1.95. The van der Waals surface area contributed by atoms with Crippen molar-refractivity contribution in [2.45, 2.75) is 26.2 Å². The second-order valence-corrected chi connectivity index (χ2v) is 1.98. The van der Waals surface area contributed by atoms with E-state index < -0.39 is 18.3 Å². The third kappa shape index (κ3) is 298. The molecule has 0 radical (unpaired) electrons. The summed E-state index contributed by atoms with van der Waals surface area (Å²) in [6, 6.07) is 0. The summed E-state index contributed by atoms with van der Waals surface area (Å²) < 4.78 is 0. The minimum absolute atomic E-state index is 0.205. The molecule has 0 fully saturated rings. The van der Waals surface area contributed by atoms with Crippen molar-refractivity contribution in [2.24, 2.45) is 0 Å². The minimum atomic E-state index is -2.33. The maximum Gasteiger partial charge on any atom is 0.0414 e. The number of rotatable bonds is 3. The molecule has 0 spiro atoms. The van der Waals surface area contributed by atoms with Crippen molar-refractivity contribution in [3.63, 3.8) is 0 Å². The summed E-state index contributed by atoms with van der Waals surface area (Å²) in [5.74, 6) is -0.943. The Morgan fingerprint density at radius 1 is 0.867 bits per heavy atom. The van der Waals surface area contributed by atoms with E-state index in [1.54, 1.807) is 0 Å². The molecule has 0 amide bonds. The van der Waals surface area contributed by atoms with Gasteiger partial charge in [-0.15, -0.1) is 0 Å². The van der Waals surface area contributed by atoms with Gasteiger partial charge in [0, 0.05) is 5.97 Å². The van der Waals surface area contributed by atoms with Crippen LogP contribution in [0.3, 0.4) is 0 Å². The fourth-order valence-electron chi connectivity index (χ4n) is 0.321. The Morgan fingerprint density at radius 2 is 1.13 bits per heavy atom. The first-order valence-corrected chi connectivity index (χ1v) is 3.69. The zero-order valence-electron chi connectivity index (χ0n) is 7.89. The summed E-state index contributed by atoms with van der Waals surface area (Å²) in [6.07, 6.45) is -2.80. The number of carbonyl (C=O) groups is 3. The molecule has 8 nitrogen and oxygen atoms in total. The first kappa shape index (κ1) is 18.7. The molecule has 0 aromatic carbocycles. The van der Waals surface area contributed by atoms with E-state index in [1.165, 1.54) is 0 Å². The Hall–Kier alpha value is -1.99. The van der Waals surface area contributed by atoms with Crippen LogP contribution in [-0.4, -0.2) is 18.3 Å². The molecule has 0 aliphatic heterocycles. The Morgan fingerprint density at radius 3 is 1.20 bits per heavy atom. The monoisotopic (exact) mass is 221 g/mol. The Labute approximate surface area is 85.4 Å². The number of hydrogen-bond donors (Lipinski definition) is 0. The second-order valence-electron chi connectivity index (χ2n) is 1.98. The largest absolute Gasteiger partial charge is 0.652 e. The lowest BCUT2D eigenvalue weighted by Gasteiger charge is -1.96. The molecular formula is C7H9O8-5. The number of unbranched alkanes of at least 4 members (excludes halogenated alkanes) is 1. The highest BCUT2D eigenvalue weighted by molar-refractivity contribution is 5.63. The van der Waals surface area contributed by atoms with Gasteiger partial charge >= 0.3 is 0 Å². The molecule has 0 heterocycles. The normalized spacial score (nSPS) is 7.27. The molecule has 90 valence electrons. The Bertz CT molecular complexity index is 167. The molecule has 0 aliphatic rings.